The number of allylic oxidation sites excluding steroid dienone is 4. The SMILES string of the molecule is CCN1N=C(C)S\C1=C/C=C(/C=C/c1sc(C)n[n+]1CC)c1sc(C)n[n+]1CC. The first-order valence-corrected chi connectivity index (χ1v) is 12.3. The van der Waals surface area contributed by atoms with Crippen LogP contribution in [-0.2, 0) is 13.1 Å². The van der Waals surface area contributed by atoms with Crippen LogP contribution in [0.25, 0.3) is 11.6 Å². The highest BCUT2D eigenvalue weighted by Gasteiger charge is 2.21. The molecule has 0 aromatic carbocycles. The quantitative estimate of drug-likeness (QED) is 0.471. The number of hydrazone groups is 1. The van der Waals surface area contributed by atoms with Gasteiger partial charge in [-0.05, 0) is 82.4 Å². The van der Waals surface area contributed by atoms with Crippen molar-refractivity contribution in [1.82, 2.24) is 15.2 Å². The van der Waals surface area contributed by atoms with E-state index >= 15 is 0 Å². The molecule has 1 aliphatic heterocycles. The van der Waals surface area contributed by atoms with E-state index in [1.54, 1.807) is 34.4 Å². The lowest BCUT2D eigenvalue weighted by molar-refractivity contribution is -0.747. The predicted octanol–water partition coefficient (Wildman–Crippen LogP) is 4.17. The fourth-order valence-electron chi connectivity index (χ4n) is 2.95. The lowest BCUT2D eigenvalue weighted by Gasteiger charge is -2.11. The molecule has 154 valence electrons. The van der Waals surface area contributed by atoms with Crippen molar-refractivity contribution in [3.05, 3.63) is 43.3 Å². The van der Waals surface area contributed by atoms with E-state index in [1.165, 1.54) is 0 Å². The van der Waals surface area contributed by atoms with E-state index in [0.717, 1.165) is 55.3 Å². The Morgan fingerprint density at radius 2 is 1.69 bits per heavy atom. The van der Waals surface area contributed by atoms with E-state index in [1.807, 2.05) is 23.5 Å². The van der Waals surface area contributed by atoms with Gasteiger partial charge in [0.1, 0.15) is 0 Å². The van der Waals surface area contributed by atoms with Gasteiger partial charge in [-0.3, -0.25) is 5.01 Å². The van der Waals surface area contributed by atoms with Crippen molar-refractivity contribution in [2.24, 2.45) is 5.10 Å². The Labute approximate surface area is 185 Å². The summed E-state index contributed by atoms with van der Waals surface area (Å²) in [5.74, 6) is 0. The summed E-state index contributed by atoms with van der Waals surface area (Å²) in [6.07, 6.45) is 8.68. The molecule has 3 rings (SSSR count). The average molecular weight is 449 g/mol. The van der Waals surface area contributed by atoms with Gasteiger partial charge in [-0.1, -0.05) is 21.1 Å². The summed E-state index contributed by atoms with van der Waals surface area (Å²) < 4.78 is 4.11. The third-order valence-corrected chi connectivity index (χ3v) is 7.12. The van der Waals surface area contributed by atoms with Gasteiger partial charge in [0, 0.05) is 22.8 Å². The number of nitrogens with zero attached hydrogens (tertiary/aromatic N) is 6. The number of rotatable bonds is 7. The molecular weight excluding hydrogens is 420 g/mol. The van der Waals surface area contributed by atoms with Crippen LogP contribution in [0.4, 0.5) is 0 Å². The normalized spacial score (nSPS) is 16.5. The highest BCUT2D eigenvalue weighted by Crippen LogP contribution is 2.30. The predicted molar refractivity (Wildman–Crippen MR) is 124 cm³/mol. The van der Waals surface area contributed by atoms with Crippen LogP contribution in [0.1, 0.15) is 47.7 Å². The Morgan fingerprint density at radius 3 is 2.38 bits per heavy atom. The molecule has 2 aromatic rings. The molecule has 1 aliphatic rings. The van der Waals surface area contributed by atoms with Crippen LogP contribution < -0.4 is 9.36 Å². The standard InChI is InChI=1S/C20H28N6S3/c1-7-24-18(27-14(4)21-24)12-10-17(20-26(9-3)23-16(6)29-20)11-13-19-25(8-2)22-15(5)28-19/h10-13H,7-9H2,1-6H3/q+2. The molecule has 0 N–H and O–H groups in total. The van der Waals surface area contributed by atoms with Crippen molar-refractivity contribution in [2.75, 3.05) is 6.54 Å². The molecule has 0 fully saturated rings. The zero-order valence-electron chi connectivity index (χ0n) is 17.8. The molecule has 0 bridgehead atoms. The summed E-state index contributed by atoms with van der Waals surface area (Å²) in [5, 5.41) is 22.5. The van der Waals surface area contributed by atoms with Crippen LogP contribution in [0.15, 0.2) is 28.4 Å². The van der Waals surface area contributed by atoms with E-state index in [9.17, 15) is 0 Å². The molecule has 0 aliphatic carbocycles. The maximum absolute atomic E-state index is 4.65. The molecule has 29 heavy (non-hydrogen) atoms. The Kier molecular flexibility index (Phi) is 7.37. The smallest absolute Gasteiger partial charge is 0.258 e. The number of thioether (sulfide) groups is 1. The van der Waals surface area contributed by atoms with Gasteiger partial charge < -0.3 is 0 Å². The molecule has 9 heteroatoms. The van der Waals surface area contributed by atoms with Gasteiger partial charge in [0.2, 0.25) is 0 Å². The molecule has 0 saturated heterocycles. The molecule has 2 aromatic heterocycles. The summed E-state index contributed by atoms with van der Waals surface area (Å²) in [4.78, 5) is 0. The van der Waals surface area contributed by atoms with Crippen molar-refractivity contribution in [3.63, 3.8) is 0 Å². The summed E-state index contributed by atoms with van der Waals surface area (Å²) in [7, 11) is 0. The van der Waals surface area contributed by atoms with E-state index in [2.05, 4.69) is 72.0 Å². The van der Waals surface area contributed by atoms with E-state index in [4.69, 9.17) is 0 Å². The monoisotopic (exact) mass is 448 g/mol. The average Bonchev–Trinajstić information content (AvgIpc) is 3.37. The molecule has 0 saturated carbocycles. The molecule has 6 nitrogen and oxygen atoms in total. The third-order valence-electron chi connectivity index (χ3n) is 4.23. The molecule has 0 amide bonds. The Morgan fingerprint density at radius 1 is 1.00 bits per heavy atom. The van der Waals surface area contributed by atoms with Crippen molar-refractivity contribution in [3.8, 4) is 0 Å². The highest BCUT2D eigenvalue weighted by molar-refractivity contribution is 8.17. The second-order valence-corrected chi connectivity index (χ2v) is 10.0. The first-order valence-electron chi connectivity index (χ1n) is 9.81. The molecule has 0 spiro atoms. The van der Waals surface area contributed by atoms with E-state index < -0.39 is 0 Å². The number of aryl methyl sites for hydroxylation is 4. The number of hydrogen-bond acceptors (Lipinski definition) is 7. The van der Waals surface area contributed by atoms with E-state index in [0.29, 0.717) is 0 Å². The van der Waals surface area contributed by atoms with Gasteiger partial charge in [0.25, 0.3) is 10.0 Å². The molecule has 0 atom stereocenters. The van der Waals surface area contributed by atoms with Crippen molar-refractivity contribution < 1.29 is 9.36 Å². The fraction of sp³-hybridized carbons (Fsp3) is 0.450. The zero-order chi connectivity index (χ0) is 21.0. The highest BCUT2D eigenvalue weighted by atomic mass is 32.2. The van der Waals surface area contributed by atoms with Gasteiger partial charge >= 0.3 is 0 Å². The Hall–Kier alpha value is -1.84. The maximum Gasteiger partial charge on any atom is 0.296 e. The van der Waals surface area contributed by atoms with Crippen molar-refractivity contribution >= 4 is 51.1 Å². The molecule has 0 radical (unpaired) electrons. The van der Waals surface area contributed by atoms with Crippen LogP contribution in [0.3, 0.4) is 0 Å². The maximum atomic E-state index is 4.65. The van der Waals surface area contributed by atoms with Crippen LogP contribution >= 0.6 is 34.4 Å². The summed E-state index contributed by atoms with van der Waals surface area (Å²) in [6, 6.07) is 0. The van der Waals surface area contributed by atoms with Crippen LogP contribution in [0.5, 0.6) is 0 Å². The second kappa shape index (κ2) is 9.77. The number of aromatic nitrogens is 4. The molecule has 3 heterocycles. The first-order chi connectivity index (χ1) is 13.9. The van der Waals surface area contributed by atoms with Gasteiger partial charge in [0.15, 0.2) is 23.1 Å². The van der Waals surface area contributed by atoms with Gasteiger partial charge in [-0.15, -0.1) is 0 Å². The lowest BCUT2D eigenvalue weighted by Crippen LogP contribution is -2.37. The largest absolute Gasteiger partial charge is 0.296 e. The second-order valence-electron chi connectivity index (χ2n) is 6.41. The first kappa shape index (κ1) is 21.9. The van der Waals surface area contributed by atoms with Crippen LogP contribution in [-0.4, -0.2) is 26.8 Å². The fourth-order valence-corrected chi connectivity index (χ4v) is 5.61. The summed E-state index contributed by atoms with van der Waals surface area (Å²) in [5.41, 5.74) is 1.14. The Balaban J connectivity index is 2.01. The van der Waals surface area contributed by atoms with Gasteiger partial charge in [-0.2, -0.15) is 5.10 Å². The minimum atomic E-state index is 0.841. The Bertz CT molecular complexity index is 996. The number of hydrogen-bond donors (Lipinski definition) is 0. The molecule has 0 unspecified atom stereocenters. The topological polar surface area (TPSA) is 49.1 Å². The minimum absolute atomic E-state index is 0.841. The lowest BCUT2D eigenvalue weighted by atomic mass is 10.2. The summed E-state index contributed by atoms with van der Waals surface area (Å²) in [6.45, 7) is 15.1. The molecular formula is C20H28N6S3+2. The third kappa shape index (κ3) is 5.21. The van der Waals surface area contributed by atoms with Crippen molar-refractivity contribution in [2.45, 2.75) is 54.6 Å². The summed E-state index contributed by atoms with van der Waals surface area (Å²) >= 11 is 5.15. The zero-order valence-corrected chi connectivity index (χ0v) is 20.3. The minimum Gasteiger partial charge on any atom is -0.258 e. The van der Waals surface area contributed by atoms with Crippen LogP contribution in [0, 0.1) is 13.8 Å². The van der Waals surface area contributed by atoms with Gasteiger partial charge in [-0.25, -0.2) is 0 Å². The van der Waals surface area contributed by atoms with Gasteiger partial charge in [0.05, 0.1) is 15.6 Å². The van der Waals surface area contributed by atoms with Crippen molar-refractivity contribution in [1.29, 1.82) is 0 Å². The van der Waals surface area contributed by atoms with Crippen LogP contribution in [0.2, 0.25) is 0 Å². The van der Waals surface area contributed by atoms with E-state index in [-0.39, 0.29) is 0 Å².